The number of imide groups is 1. The minimum Gasteiger partial charge on any atom is -0.444 e. The summed E-state index contributed by atoms with van der Waals surface area (Å²) in [6.45, 7) is 3.83. The summed E-state index contributed by atoms with van der Waals surface area (Å²) in [5, 5.41) is 0. The molecule has 19 heavy (non-hydrogen) atoms. The summed E-state index contributed by atoms with van der Waals surface area (Å²) in [6, 6.07) is 9.30. The van der Waals surface area contributed by atoms with Gasteiger partial charge in [-0.2, -0.15) is 0 Å². The summed E-state index contributed by atoms with van der Waals surface area (Å²) in [5.41, 5.74) is 0.905. The first-order valence-electron chi connectivity index (χ1n) is 6.36. The summed E-state index contributed by atoms with van der Waals surface area (Å²) in [5.74, 6) is -0.162. The predicted octanol–water partition coefficient (Wildman–Crippen LogP) is 2.89. The van der Waals surface area contributed by atoms with Gasteiger partial charge in [0.2, 0.25) is 5.91 Å². The molecule has 2 amide bonds. The summed E-state index contributed by atoms with van der Waals surface area (Å²) < 4.78 is 5.19. The Morgan fingerprint density at radius 1 is 1.42 bits per heavy atom. The molecule has 1 fully saturated rings. The first-order valence-corrected chi connectivity index (χ1v) is 6.36. The molecule has 100 valence electrons. The molecule has 0 unspecified atom stereocenters. The van der Waals surface area contributed by atoms with Crippen LogP contribution in [0.25, 0.3) is 0 Å². The van der Waals surface area contributed by atoms with Gasteiger partial charge in [-0.1, -0.05) is 36.4 Å². The van der Waals surface area contributed by atoms with E-state index in [1.54, 1.807) is 6.08 Å². The molecule has 0 N–H and O–H groups in total. The van der Waals surface area contributed by atoms with Crippen molar-refractivity contribution in [2.75, 3.05) is 0 Å². The Morgan fingerprint density at radius 3 is 2.84 bits per heavy atom. The van der Waals surface area contributed by atoms with Crippen LogP contribution in [0.1, 0.15) is 24.8 Å². The van der Waals surface area contributed by atoms with Gasteiger partial charge in [-0.05, 0) is 18.4 Å². The van der Waals surface area contributed by atoms with E-state index in [0.717, 1.165) is 5.56 Å². The van der Waals surface area contributed by atoms with Gasteiger partial charge in [0.05, 0.1) is 0 Å². The summed E-state index contributed by atoms with van der Waals surface area (Å²) in [4.78, 5) is 24.9. The van der Waals surface area contributed by atoms with Crippen LogP contribution in [-0.2, 0) is 16.1 Å². The van der Waals surface area contributed by atoms with Crippen LogP contribution >= 0.6 is 0 Å². The zero-order valence-corrected chi connectivity index (χ0v) is 10.7. The molecular formula is C15H17NO3. The fourth-order valence-electron chi connectivity index (χ4n) is 2.20. The van der Waals surface area contributed by atoms with Gasteiger partial charge in [-0.25, -0.2) is 9.69 Å². The zero-order valence-electron chi connectivity index (χ0n) is 10.7. The van der Waals surface area contributed by atoms with E-state index >= 15 is 0 Å². The fraction of sp³-hybridized carbons (Fsp3) is 0.333. The molecule has 4 nitrogen and oxygen atoms in total. The van der Waals surface area contributed by atoms with Gasteiger partial charge < -0.3 is 4.74 Å². The maximum Gasteiger partial charge on any atom is 0.417 e. The quantitative estimate of drug-likeness (QED) is 0.781. The number of amides is 2. The fourth-order valence-corrected chi connectivity index (χ4v) is 2.20. The van der Waals surface area contributed by atoms with Crippen LogP contribution in [0.3, 0.4) is 0 Å². The highest BCUT2D eigenvalue weighted by molar-refractivity contribution is 5.94. The van der Waals surface area contributed by atoms with Crippen molar-refractivity contribution in [1.29, 1.82) is 0 Å². The largest absolute Gasteiger partial charge is 0.444 e. The maximum absolute atomic E-state index is 12.0. The molecule has 0 spiro atoms. The second-order valence-corrected chi connectivity index (χ2v) is 4.52. The molecule has 2 rings (SSSR count). The van der Waals surface area contributed by atoms with Crippen LogP contribution in [0.5, 0.6) is 0 Å². The van der Waals surface area contributed by atoms with E-state index in [9.17, 15) is 9.59 Å². The Bertz CT molecular complexity index is 470. The Balaban J connectivity index is 1.94. The van der Waals surface area contributed by atoms with Gasteiger partial charge in [0.1, 0.15) is 6.61 Å². The van der Waals surface area contributed by atoms with E-state index in [0.29, 0.717) is 19.3 Å². The Kier molecular flexibility index (Phi) is 4.34. The minimum absolute atomic E-state index is 0.103. The van der Waals surface area contributed by atoms with E-state index in [1.165, 1.54) is 4.90 Å². The number of benzene rings is 1. The van der Waals surface area contributed by atoms with E-state index in [4.69, 9.17) is 4.74 Å². The molecule has 1 saturated heterocycles. The van der Waals surface area contributed by atoms with Crippen LogP contribution < -0.4 is 0 Å². The zero-order chi connectivity index (χ0) is 13.7. The lowest BCUT2D eigenvalue weighted by Crippen LogP contribution is -2.38. The van der Waals surface area contributed by atoms with Crippen molar-refractivity contribution in [3.05, 3.63) is 48.6 Å². The maximum atomic E-state index is 12.0. The molecule has 1 aliphatic rings. The average Bonchev–Trinajstić information content (AvgIpc) is 2.79. The number of likely N-dealkylation sites (tertiary alicyclic amines) is 1. The third-order valence-electron chi connectivity index (χ3n) is 3.17. The smallest absolute Gasteiger partial charge is 0.417 e. The number of nitrogens with zero attached hydrogens (tertiary/aromatic N) is 1. The van der Waals surface area contributed by atoms with Gasteiger partial charge >= 0.3 is 6.09 Å². The standard InChI is InChI=1S/C15H17NO3/c1-2-6-13-9-10-14(17)16(13)15(18)19-11-12-7-4-3-5-8-12/h2-5,7-8,13H,1,6,9-11H2/t13-/m0/s1. The van der Waals surface area contributed by atoms with E-state index in [1.807, 2.05) is 30.3 Å². The lowest BCUT2D eigenvalue weighted by atomic mass is 10.1. The third-order valence-corrected chi connectivity index (χ3v) is 3.17. The number of carbonyl (C=O) groups excluding carboxylic acids is 2. The van der Waals surface area contributed by atoms with Crippen LogP contribution in [0.2, 0.25) is 0 Å². The minimum atomic E-state index is -0.557. The molecule has 0 saturated carbocycles. The molecule has 0 bridgehead atoms. The molecule has 0 aliphatic carbocycles. The van der Waals surface area contributed by atoms with Crippen LogP contribution in [0, 0.1) is 0 Å². The van der Waals surface area contributed by atoms with Crippen LogP contribution in [0.15, 0.2) is 43.0 Å². The van der Waals surface area contributed by atoms with Crippen molar-refractivity contribution in [3.8, 4) is 0 Å². The first-order chi connectivity index (χ1) is 9.22. The lowest BCUT2D eigenvalue weighted by molar-refractivity contribution is -0.127. The Hall–Kier alpha value is -2.10. The summed E-state index contributed by atoms with van der Waals surface area (Å²) in [6.07, 6.45) is 2.87. The molecule has 1 atom stereocenters. The molecule has 1 aromatic carbocycles. The van der Waals surface area contributed by atoms with Crippen LogP contribution in [-0.4, -0.2) is 22.9 Å². The third kappa shape index (κ3) is 3.22. The van der Waals surface area contributed by atoms with Gasteiger partial charge in [0.15, 0.2) is 0 Å². The first kappa shape index (κ1) is 13.3. The van der Waals surface area contributed by atoms with Crippen molar-refractivity contribution >= 4 is 12.0 Å². The van der Waals surface area contributed by atoms with E-state index in [2.05, 4.69) is 6.58 Å². The van der Waals surface area contributed by atoms with Gasteiger partial charge in [0.25, 0.3) is 0 Å². The van der Waals surface area contributed by atoms with Gasteiger partial charge in [-0.3, -0.25) is 4.79 Å². The van der Waals surface area contributed by atoms with Gasteiger partial charge in [-0.15, -0.1) is 6.58 Å². The summed E-state index contributed by atoms with van der Waals surface area (Å²) >= 11 is 0. The molecule has 4 heteroatoms. The SMILES string of the molecule is C=CC[C@H]1CCC(=O)N1C(=O)OCc1ccccc1. The molecule has 1 aliphatic heterocycles. The number of hydrogen-bond acceptors (Lipinski definition) is 3. The van der Waals surface area contributed by atoms with Crippen molar-refractivity contribution in [2.45, 2.75) is 31.9 Å². The monoisotopic (exact) mass is 259 g/mol. The van der Waals surface area contributed by atoms with E-state index in [-0.39, 0.29) is 18.6 Å². The van der Waals surface area contributed by atoms with Crippen molar-refractivity contribution in [2.24, 2.45) is 0 Å². The Morgan fingerprint density at radius 2 is 2.16 bits per heavy atom. The normalized spacial score (nSPS) is 18.4. The lowest BCUT2D eigenvalue weighted by Gasteiger charge is -2.21. The molecule has 0 radical (unpaired) electrons. The van der Waals surface area contributed by atoms with Crippen molar-refractivity contribution in [3.63, 3.8) is 0 Å². The molecular weight excluding hydrogens is 242 g/mol. The predicted molar refractivity (Wildman–Crippen MR) is 71.3 cm³/mol. The highest BCUT2D eigenvalue weighted by Gasteiger charge is 2.35. The number of carbonyl (C=O) groups is 2. The topological polar surface area (TPSA) is 46.6 Å². The Labute approximate surface area is 112 Å². The number of hydrogen-bond donors (Lipinski definition) is 0. The highest BCUT2D eigenvalue weighted by Crippen LogP contribution is 2.22. The van der Waals surface area contributed by atoms with Crippen LogP contribution in [0.4, 0.5) is 4.79 Å². The number of rotatable bonds is 4. The average molecular weight is 259 g/mol. The molecule has 0 aromatic heterocycles. The van der Waals surface area contributed by atoms with Crippen molar-refractivity contribution < 1.29 is 14.3 Å². The highest BCUT2D eigenvalue weighted by atomic mass is 16.6. The molecule has 1 heterocycles. The van der Waals surface area contributed by atoms with Gasteiger partial charge in [0, 0.05) is 12.5 Å². The second kappa shape index (κ2) is 6.18. The molecule has 1 aromatic rings. The second-order valence-electron chi connectivity index (χ2n) is 4.52. The van der Waals surface area contributed by atoms with E-state index < -0.39 is 6.09 Å². The summed E-state index contributed by atoms with van der Waals surface area (Å²) in [7, 11) is 0. The number of ether oxygens (including phenoxy) is 1. The van der Waals surface area contributed by atoms with Crippen molar-refractivity contribution in [1.82, 2.24) is 4.90 Å².